The molecule has 0 unspecified atom stereocenters. The van der Waals surface area contributed by atoms with Gasteiger partial charge in [0, 0.05) is 29.5 Å². The molecule has 0 spiro atoms. The number of aliphatic hydroxyl groups excluding tert-OH is 1. The van der Waals surface area contributed by atoms with Crippen molar-refractivity contribution in [3.05, 3.63) is 35.4 Å². The summed E-state index contributed by atoms with van der Waals surface area (Å²) in [6.07, 6.45) is 0.185. The van der Waals surface area contributed by atoms with E-state index in [4.69, 9.17) is 10.8 Å². The van der Waals surface area contributed by atoms with Crippen molar-refractivity contribution in [2.45, 2.75) is 11.3 Å². The number of benzene rings is 2. The number of imide groups is 1. The predicted molar refractivity (Wildman–Crippen MR) is 83.4 cm³/mol. The van der Waals surface area contributed by atoms with Crippen LogP contribution in [0.1, 0.15) is 27.1 Å². The summed E-state index contributed by atoms with van der Waals surface area (Å²) in [5.74, 6) is -1.27. The molecule has 0 aromatic heterocycles. The van der Waals surface area contributed by atoms with Gasteiger partial charge < -0.3 is 15.4 Å². The first-order chi connectivity index (χ1) is 11.3. The Morgan fingerprint density at radius 1 is 1.17 bits per heavy atom. The van der Waals surface area contributed by atoms with Gasteiger partial charge in [0.15, 0.2) is 0 Å². The van der Waals surface area contributed by atoms with Crippen molar-refractivity contribution in [2.24, 2.45) is 0 Å². The fourth-order valence-electron chi connectivity index (χ4n) is 2.85. The Morgan fingerprint density at radius 3 is 2.46 bits per heavy atom. The number of nitrogen functional groups attached to an aromatic ring is 1. The zero-order chi connectivity index (χ0) is 17.6. The first-order valence-corrected chi connectivity index (χ1v) is 8.46. The van der Waals surface area contributed by atoms with Crippen molar-refractivity contribution in [1.82, 2.24) is 4.90 Å². The van der Waals surface area contributed by atoms with Crippen LogP contribution in [0.2, 0.25) is 0 Å². The van der Waals surface area contributed by atoms with E-state index in [0.717, 1.165) is 11.0 Å². The number of nitrogens with zero attached hydrogens (tertiary/aromatic N) is 1. The first kappa shape index (κ1) is 16.4. The SMILES string of the molecule is Nc1c(S(=O)(=O)[O-])cc2c3c(cccc13)C(=O)N(CCCO)C2=O. The van der Waals surface area contributed by atoms with E-state index in [2.05, 4.69) is 0 Å². The third-order valence-electron chi connectivity index (χ3n) is 3.93. The molecule has 0 saturated heterocycles. The van der Waals surface area contributed by atoms with E-state index >= 15 is 0 Å². The number of hydrogen-bond acceptors (Lipinski definition) is 7. The predicted octanol–water partition coefficient (Wildman–Crippen LogP) is 0.305. The van der Waals surface area contributed by atoms with Gasteiger partial charge in [-0.1, -0.05) is 12.1 Å². The van der Waals surface area contributed by atoms with Gasteiger partial charge in [-0.05, 0) is 18.6 Å². The van der Waals surface area contributed by atoms with Crippen LogP contribution in [0.15, 0.2) is 29.2 Å². The van der Waals surface area contributed by atoms with Crippen molar-refractivity contribution in [2.75, 3.05) is 18.9 Å². The number of hydrogen-bond donors (Lipinski definition) is 2. The molecule has 0 bridgehead atoms. The summed E-state index contributed by atoms with van der Waals surface area (Å²) >= 11 is 0. The molecule has 0 saturated carbocycles. The Balaban J connectivity index is 2.36. The second kappa shape index (κ2) is 5.55. The molecule has 24 heavy (non-hydrogen) atoms. The van der Waals surface area contributed by atoms with Crippen molar-refractivity contribution in [3.8, 4) is 0 Å². The van der Waals surface area contributed by atoms with Gasteiger partial charge in [-0.25, -0.2) is 8.42 Å². The van der Waals surface area contributed by atoms with E-state index in [1.54, 1.807) is 0 Å². The summed E-state index contributed by atoms with van der Waals surface area (Å²) in [5, 5.41) is 9.32. The smallest absolute Gasteiger partial charge is 0.261 e. The lowest BCUT2D eigenvalue weighted by atomic mass is 9.93. The largest absolute Gasteiger partial charge is 0.744 e. The molecule has 2 amide bonds. The van der Waals surface area contributed by atoms with E-state index in [1.165, 1.54) is 18.2 Å². The standard InChI is InChI=1S/C15H14N2O6S/c16-13-8-3-1-4-9-12(8)10(7-11(13)24(21,22)23)15(20)17(14(9)19)5-2-6-18/h1,3-4,7,18H,2,5-6,16H2,(H,21,22,23)/p-1. The lowest BCUT2D eigenvalue weighted by Gasteiger charge is -2.28. The minimum absolute atomic E-state index is 0.0200. The quantitative estimate of drug-likeness (QED) is 0.459. The number of aliphatic hydroxyl groups is 1. The average molecular weight is 349 g/mol. The molecule has 1 aliphatic rings. The molecule has 9 heteroatoms. The van der Waals surface area contributed by atoms with Gasteiger partial charge in [-0.2, -0.15) is 0 Å². The summed E-state index contributed by atoms with van der Waals surface area (Å²) in [4.78, 5) is 25.3. The third kappa shape index (κ3) is 2.33. The normalized spacial score (nSPS) is 14.5. The molecule has 2 aromatic carbocycles. The molecule has 1 aliphatic heterocycles. The summed E-state index contributed by atoms with van der Waals surface area (Å²) in [5.41, 5.74) is 5.62. The Morgan fingerprint density at radius 2 is 1.83 bits per heavy atom. The molecular formula is C15H13N2O6S-. The summed E-state index contributed by atoms with van der Waals surface area (Å²) in [6.45, 7) is -0.232. The van der Waals surface area contributed by atoms with E-state index < -0.39 is 26.8 Å². The van der Waals surface area contributed by atoms with Crippen molar-refractivity contribution in [1.29, 1.82) is 0 Å². The van der Waals surface area contributed by atoms with Crippen LogP contribution in [0.4, 0.5) is 5.69 Å². The van der Waals surface area contributed by atoms with Gasteiger partial charge in [-0.15, -0.1) is 0 Å². The fourth-order valence-corrected chi connectivity index (χ4v) is 3.49. The number of carbonyl (C=O) groups is 2. The van der Waals surface area contributed by atoms with Gasteiger partial charge in [0.05, 0.1) is 16.1 Å². The van der Waals surface area contributed by atoms with Crippen LogP contribution in [0.25, 0.3) is 10.8 Å². The van der Waals surface area contributed by atoms with Gasteiger partial charge >= 0.3 is 0 Å². The van der Waals surface area contributed by atoms with Gasteiger partial charge in [0.25, 0.3) is 11.8 Å². The number of rotatable bonds is 4. The maximum atomic E-state index is 12.6. The lowest BCUT2D eigenvalue weighted by Crippen LogP contribution is -2.41. The van der Waals surface area contributed by atoms with Crippen LogP contribution >= 0.6 is 0 Å². The molecular weight excluding hydrogens is 336 g/mol. The van der Waals surface area contributed by atoms with Crippen molar-refractivity contribution in [3.63, 3.8) is 0 Å². The van der Waals surface area contributed by atoms with Crippen LogP contribution < -0.4 is 5.73 Å². The highest BCUT2D eigenvalue weighted by molar-refractivity contribution is 7.86. The molecule has 2 aromatic rings. The molecule has 3 N–H and O–H groups in total. The molecule has 0 atom stereocenters. The van der Waals surface area contributed by atoms with Crippen LogP contribution in [0, 0.1) is 0 Å². The van der Waals surface area contributed by atoms with E-state index in [1.807, 2.05) is 0 Å². The minimum Gasteiger partial charge on any atom is -0.744 e. The third-order valence-corrected chi connectivity index (χ3v) is 4.80. The Bertz CT molecular complexity index is 983. The Labute approximate surface area is 137 Å². The highest BCUT2D eigenvalue weighted by Crippen LogP contribution is 2.37. The molecule has 1 heterocycles. The first-order valence-electron chi connectivity index (χ1n) is 7.05. The summed E-state index contributed by atoms with van der Waals surface area (Å²) < 4.78 is 34.3. The van der Waals surface area contributed by atoms with Gasteiger partial charge in [0.2, 0.25) is 0 Å². The van der Waals surface area contributed by atoms with Crippen LogP contribution in [-0.4, -0.2) is 47.9 Å². The highest BCUT2D eigenvalue weighted by atomic mass is 32.2. The monoisotopic (exact) mass is 349 g/mol. The summed E-state index contributed by atoms with van der Waals surface area (Å²) in [7, 11) is -4.89. The van der Waals surface area contributed by atoms with Crippen LogP contribution in [0.3, 0.4) is 0 Å². The minimum atomic E-state index is -4.89. The van der Waals surface area contributed by atoms with Gasteiger partial charge in [-0.3, -0.25) is 14.5 Å². The highest BCUT2D eigenvalue weighted by Gasteiger charge is 2.34. The maximum absolute atomic E-state index is 12.6. The number of anilines is 1. The molecule has 3 rings (SSSR count). The molecule has 0 radical (unpaired) electrons. The van der Waals surface area contributed by atoms with Crippen LogP contribution in [-0.2, 0) is 10.1 Å². The second-order valence-corrected chi connectivity index (χ2v) is 6.71. The van der Waals surface area contributed by atoms with Crippen molar-refractivity contribution < 1.29 is 27.7 Å². The Hall–Kier alpha value is -2.49. The molecule has 8 nitrogen and oxygen atoms in total. The zero-order valence-electron chi connectivity index (χ0n) is 12.4. The topological polar surface area (TPSA) is 141 Å². The fraction of sp³-hybridized carbons (Fsp3) is 0.200. The van der Waals surface area contributed by atoms with Crippen LogP contribution in [0.5, 0.6) is 0 Å². The zero-order valence-corrected chi connectivity index (χ0v) is 13.2. The van der Waals surface area contributed by atoms with Gasteiger partial charge in [0.1, 0.15) is 10.1 Å². The average Bonchev–Trinajstić information content (AvgIpc) is 2.52. The lowest BCUT2D eigenvalue weighted by molar-refractivity contribution is 0.0601. The van der Waals surface area contributed by atoms with Crippen molar-refractivity contribution >= 4 is 38.4 Å². The Kier molecular flexibility index (Phi) is 3.78. The second-order valence-electron chi connectivity index (χ2n) is 5.36. The summed E-state index contributed by atoms with van der Waals surface area (Å²) in [6, 6.07) is 5.37. The van der Waals surface area contributed by atoms with E-state index in [-0.39, 0.29) is 47.2 Å². The molecule has 126 valence electrons. The molecule has 0 aliphatic carbocycles. The number of amides is 2. The van der Waals surface area contributed by atoms with E-state index in [9.17, 15) is 22.6 Å². The van der Waals surface area contributed by atoms with E-state index in [0.29, 0.717) is 0 Å². The maximum Gasteiger partial charge on any atom is 0.261 e. The molecule has 0 fully saturated rings. The number of carbonyl (C=O) groups excluding carboxylic acids is 2. The number of nitrogens with two attached hydrogens (primary N) is 1.